The summed E-state index contributed by atoms with van der Waals surface area (Å²) in [5.74, 6) is -0.481. The Kier molecular flexibility index (Phi) is 8.17. The molecular formula is C24H26N6O7. The van der Waals surface area contributed by atoms with Crippen molar-refractivity contribution in [2.24, 2.45) is 0 Å². The molecule has 0 spiro atoms. The molecule has 0 bridgehead atoms. The van der Waals surface area contributed by atoms with Crippen LogP contribution in [-0.2, 0) is 22.5 Å². The van der Waals surface area contributed by atoms with E-state index >= 15 is 0 Å². The number of imidazole rings is 1. The zero-order chi connectivity index (χ0) is 27.2. The number of nitro benzene ring substituents is 2. The minimum Gasteiger partial charge on any atom is -0.444 e. The van der Waals surface area contributed by atoms with Crippen molar-refractivity contribution in [3.05, 3.63) is 92.5 Å². The van der Waals surface area contributed by atoms with Crippen LogP contribution in [-0.4, -0.2) is 43.0 Å². The monoisotopic (exact) mass is 510 g/mol. The van der Waals surface area contributed by atoms with Gasteiger partial charge in [0, 0.05) is 25.2 Å². The van der Waals surface area contributed by atoms with Gasteiger partial charge in [-0.3, -0.25) is 29.6 Å². The zero-order valence-electron chi connectivity index (χ0n) is 20.4. The molecule has 3 aromatic rings. The van der Waals surface area contributed by atoms with Crippen LogP contribution in [0.5, 0.6) is 0 Å². The van der Waals surface area contributed by atoms with Crippen LogP contribution in [0.3, 0.4) is 0 Å². The van der Waals surface area contributed by atoms with E-state index in [-0.39, 0.29) is 18.7 Å². The van der Waals surface area contributed by atoms with Gasteiger partial charge >= 0.3 is 6.09 Å². The summed E-state index contributed by atoms with van der Waals surface area (Å²) in [4.78, 5) is 50.6. The summed E-state index contributed by atoms with van der Waals surface area (Å²) in [6.07, 6.45) is 1.89. The number of benzene rings is 2. The molecule has 0 saturated heterocycles. The maximum atomic E-state index is 13.0. The van der Waals surface area contributed by atoms with E-state index in [1.54, 1.807) is 20.8 Å². The van der Waals surface area contributed by atoms with Gasteiger partial charge < -0.3 is 15.4 Å². The van der Waals surface area contributed by atoms with Crippen molar-refractivity contribution in [3.8, 4) is 5.69 Å². The van der Waals surface area contributed by atoms with E-state index in [2.05, 4.69) is 15.6 Å². The van der Waals surface area contributed by atoms with Gasteiger partial charge in [-0.25, -0.2) is 9.78 Å². The fourth-order valence-electron chi connectivity index (χ4n) is 3.37. The Morgan fingerprint density at radius 3 is 2.41 bits per heavy atom. The van der Waals surface area contributed by atoms with Gasteiger partial charge in [0.05, 0.1) is 27.9 Å². The number of aromatic nitrogens is 2. The van der Waals surface area contributed by atoms with Gasteiger partial charge in [-0.05, 0) is 32.4 Å². The number of nitro groups is 2. The van der Waals surface area contributed by atoms with Gasteiger partial charge in [-0.2, -0.15) is 0 Å². The van der Waals surface area contributed by atoms with Gasteiger partial charge in [-0.1, -0.05) is 30.3 Å². The molecule has 1 heterocycles. The lowest BCUT2D eigenvalue weighted by molar-refractivity contribution is -0.394. The second-order valence-electron chi connectivity index (χ2n) is 9.07. The number of non-ortho nitro benzene ring substituents is 1. The molecule has 13 nitrogen and oxygen atoms in total. The fraction of sp³-hybridized carbons (Fsp3) is 0.292. The van der Waals surface area contributed by atoms with Crippen LogP contribution in [0.2, 0.25) is 0 Å². The second-order valence-corrected chi connectivity index (χ2v) is 9.07. The van der Waals surface area contributed by atoms with Crippen molar-refractivity contribution in [1.29, 1.82) is 0 Å². The highest BCUT2D eigenvalue weighted by molar-refractivity contribution is 5.86. The molecule has 13 heteroatoms. The number of nitrogens with one attached hydrogen (secondary N) is 2. The molecule has 0 saturated carbocycles. The minimum atomic E-state index is -1.06. The van der Waals surface area contributed by atoms with Crippen molar-refractivity contribution in [2.45, 2.75) is 45.4 Å². The Hall–Kier alpha value is -4.81. The van der Waals surface area contributed by atoms with Crippen LogP contribution in [0.1, 0.15) is 32.0 Å². The lowest BCUT2D eigenvalue weighted by atomic mass is 10.1. The second kappa shape index (κ2) is 11.3. The molecule has 2 N–H and O–H groups in total. The van der Waals surface area contributed by atoms with Crippen molar-refractivity contribution in [2.75, 3.05) is 0 Å². The number of amides is 2. The molecule has 1 atom stereocenters. The van der Waals surface area contributed by atoms with E-state index in [0.29, 0.717) is 5.69 Å². The molecule has 3 rings (SSSR count). The molecule has 0 aliphatic rings. The SMILES string of the molecule is CC(C)(C)OC(=O)N[C@@H](Cc1cn(-c2ccc([N+](=O)[O-])cc2[N+](=O)[O-])cn1)C(=O)NCc1ccccc1. The van der Waals surface area contributed by atoms with Crippen LogP contribution < -0.4 is 10.6 Å². The van der Waals surface area contributed by atoms with Crippen LogP contribution in [0.4, 0.5) is 16.2 Å². The number of rotatable bonds is 9. The summed E-state index contributed by atoms with van der Waals surface area (Å²) in [7, 11) is 0. The standard InChI is InChI=1S/C24H26N6O7/c1-24(2,3)37-23(32)27-19(22(31)25-13-16-7-5-4-6-8-16)11-17-14-28(15-26-17)20-10-9-18(29(33)34)12-21(20)30(35)36/h4-10,12,14-15,19H,11,13H2,1-3H3,(H,25,31)(H,27,32)/t19-/m0/s1. The lowest BCUT2D eigenvalue weighted by Crippen LogP contribution is -2.49. The van der Waals surface area contributed by atoms with Crippen LogP contribution in [0.25, 0.3) is 5.69 Å². The van der Waals surface area contributed by atoms with Crippen LogP contribution >= 0.6 is 0 Å². The molecule has 1 aromatic heterocycles. The highest BCUT2D eigenvalue weighted by atomic mass is 16.6. The van der Waals surface area contributed by atoms with E-state index in [4.69, 9.17) is 4.74 Å². The first-order valence-corrected chi connectivity index (χ1v) is 11.2. The Morgan fingerprint density at radius 1 is 1.08 bits per heavy atom. The third-order valence-corrected chi connectivity index (χ3v) is 5.01. The molecule has 0 aliphatic carbocycles. The normalized spacial score (nSPS) is 11.9. The van der Waals surface area contributed by atoms with Gasteiger partial charge in [-0.15, -0.1) is 0 Å². The molecule has 2 amide bonds. The number of nitrogens with zero attached hydrogens (tertiary/aromatic N) is 4. The number of alkyl carbamates (subject to hydrolysis) is 1. The van der Waals surface area contributed by atoms with Gasteiger partial charge in [0.2, 0.25) is 5.91 Å². The maximum absolute atomic E-state index is 13.0. The quantitative estimate of drug-likeness (QED) is 0.325. The number of hydrogen-bond acceptors (Lipinski definition) is 8. The highest BCUT2D eigenvalue weighted by Crippen LogP contribution is 2.28. The van der Waals surface area contributed by atoms with Crippen molar-refractivity contribution in [3.63, 3.8) is 0 Å². The molecule has 194 valence electrons. The summed E-state index contributed by atoms with van der Waals surface area (Å²) in [6, 6.07) is 11.4. The van der Waals surface area contributed by atoms with E-state index in [1.165, 1.54) is 23.2 Å². The Morgan fingerprint density at radius 2 is 1.78 bits per heavy atom. The summed E-state index contributed by atoms with van der Waals surface area (Å²) >= 11 is 0. The zero-order valence-corrected chi connectivity index (χ0v) is 20.4. The minimum absolute atomic E-state index is 0.0480. The molecule has 2 aromatic carbocycles. The highest BCUT2D eigenvalue weighted by Gasteiger charge is 2.26. The molecular weight excluding hydrogens is 484 g/mol. The Balaban J connectivity index is 1.82. The lowest BCUT2D eigenvalue weighted by Gasteiger charge is -2.23. The predicted molar refractivity (Wildman–Crippen MR) is 132 cm³/mol. The van der Waals surface area contributed by atoms with Crippen LogP contribution in [0.15, 0.2) is 61.1 Å². The topological polar surface area (TPSA) is 172 Å². The summed E-state index contributed by atoms with van der Waals surface area (Å²) in [6.45, 7) is 5.30. The first kappa shape index (κ1) is 26.8. The smallest absolute Gasteiger partial charge is 0.408 e. The summed E-state index contributed by atoms with van der Waals surface area (Å²) in [5, 5.41) is 27.8. The van der Waals surface area contributed by atoms with E-state index in [9.17, 15) is 29.8 Å². The molecule has 37 heavy (non-hydrogen) atoms. The number of carbonyl (C=O) groups excluding carboxylic acids is 2. The number of carbonyl (C=O) groups is 2. The predicted octanol–water partition coefficient (Wildman–Crippen LogP) is 3.44. The average molecular weight is 511 g/mol. The van der Waals surface area contributed by atoms with Gasteiger partial charge in [0.15, 0.2) is 0 Å². The molecule has 0 aliphatic heterocycles. The summed E-state index contributed by atoms with van der Waals surface area (Å²) < 4.78 is 6.60. The van der Waals surface area contributed by atoms with E-state index < -0.39 is 44.9 Å². The van der Waals surface area contributed by atoms with Crippen molar-refractivity contribution < 1.29 is 24.2 Å². The molecule has 0 radical (unpaired) electrons. The maximum Gasteiger partial charge on any atom is 0.408 e. The fourth-order valence-corrected chi connectivity index (χ4v) is 3.37. The van der Waals surface area contributed by atoms with Gasteiger partial charge in [0.25, 0.3) is 11.4 Å². The third-order valence-electron chi connectivity index (χ3n) is 5.01. The average Bonchev–Trinajstić information content (AvgIpc) is 3.29. The first-order valence-electron chi connectivity index (χ1n) is 11.2. The number of ether oxygens (including phenoxy) is 1. The Labute approximate surface area is 211 Å². The number of hydrogen-bond donors (Lipinski definition) is 2. The van der Waals surface area contributed by atoms with Crippen LogP contribution in [0, 0.1) is 20.2 Å². The largest absolute Gasteiger partial charge is 0.444 e. The van der Waals surface area contributed by atoms with Crippen molar-refractivity contribution >= 4 is 23.4 Å². The van der Waals surface area contributed by atoms with Gasteiger partial charge in [0.1, 0.15) is 17.3 Å². The first-order chi connectivity index (χ1) is 17.4. The molecule has 0 fully saturated rings. The Bertz CT molecular complexity index is 1300. The third kappa shape index (κ3) is 7.59. The summed E-state index contributed by atoms with van der Waals surface area (Å²) in [5.41, 5.74) is -0.439. The van der Waals surface area contributed by atoms with E-state index in [1.807, 2.05) is 30.3 Å². The van der Waals surface area contributed by atoms with E-state index in [0.717, 1.165) is 17.7 Å². The molecule has 0 unspecified atom stereocenters. The van der Waals surface area contributed by atoms with Crippen molar-refractivity contribution in [1.82, 2.24) is 20.2 Å².